The van der Waals surface area contributed by atoms with Crippen molar-refractivity contribution in [3.05, 3.63) is 47.4 Å². The number of hydrogen-bond donors (Lipinski definition) is 1. The molecule has 0 saturated carbocycles. The molecule has 0 bridgehead atoms. The molecule has 0 aliphatic rings. The normalized spacial score (nSPS) is 11.1. The fourth-order valence-electron chi connectivity index (χ4n) is 2.67. The molecule has 3 heterocycles. The summed E-state index contributed by atoms with van der Waals surface area (Å²) >= 11 is 1.74. The Labute approximate surface area is 150 Å². The number of carbonyl (C=O) groups is 1. The van der Waals surface area contributed by atoms with Gasteiger partial charge < -0.3 is 9.73 Å². The van der Waals surface area contributed by atoms with Gasteiger partial charge in [0.25, 0.3) is 5.78 Å². The Hall–Kier alpha value is -2.35. The van der Waals surface area contributed by atoms with Crippen LogP contribution in [0.3, 0.4) is 0 Å². The van der Waals surface area contributed by atoms with Crippen molar-refractivity contribution in [2.45, 2.75) is 32.4 Å². The molecule has 3 aromatic rings. The Morgan fingerprint density at radius 3 is 3.08 bits per heavy atom. The lowest BCUT2D eigenvalue weighted by atomic mass is 10.1. The first-order chi connectivity index (χ1) is 12.1. The number of amides is 1. The molecule has 3 aromatic heterocycles. The standard InChI is InChI=1S/C17H21N5O2S/c1-12-15(13(2)22-17(21-12)19-11-20-22)5-6-16(23)18-7-9-25-10-14-4-3-8-24-14/h3-4,8,11H,5-7,9-10H2,1-2H3,(H,18,23). The first kappa shape index (κ1) is 17.5. The summed E-state index contributed by atoms with van der Waals surface area (Å²) in [7, 11) is 0. The largest absolute Gasteiger partial charge is 0.468 e. The van der Waals surface area contributed by atoms with Crippen molar-refractivity contribution in [1.29, 1.82) is 0 Å². The molecular weight excluding hydrogens is 338 g/mol. The van der Waals surface area contributed by atoms with Gasteiger partial charge in [0.1, 0.15) is 12.1 Å². The van der Waals surface area contributed by atoms with Gasteiger partial charge in [0.15, 0.2) is 0 Å². The lowest BCUT2D eigenvalue weighted by molar-refractivity contribution is -0.120. The van der Waals surface area contributed by atoms with Crippen molar-refractivity contribution in [3.8, 4) is 0 Å². The van der Waals surface area contributed by atoms with Crippen LogP contribution < -0.4 is 5.32 Å². The van der Waals surface area contributed by atoms with Crippen molar-refractivity contribution in [3.63, 3.8) is 0 Å². The molecule has 0 radical (unpaired) electrons. The van der Waals surface area contributed by atoms with Gasteiger partial charge >= 0.3 is 0 Å². The molecule has 0 spiro atoms. The molecule has 132 valence electrons. The summed E-state index contributed by atoms with van der Waals surface area (Å²) in [5.41, 5.74) is 2.95. The van der Waals surface area contributed by atoms with Crippen LogP contribution in [0.2, 0.25) is 0 Å². The fraction of sp³-hybridized carbons (Fsp3) is 0.412. The Morgan fingerprint density at radius 1 is 1.40 bits per heavy atom. The van der Waals surface area contributed by atoms with Gasteiger partial charge in [-0.15, -0.1) is 0 Å². The highest BCUT2D eigenvalue weighted by molar-refractivity contribution is 7.98. The van der Waals surface area contributed by atoms with E-state index in [1.54, 1.807) is 22.5 Å². The third-order valence-electron chi connectivity index (χ3n) is 3.98. The third-order valence-corrected chi connectivity index (χ3v) is 4.97. The van der Waals surface area contributed by atoms with Crippen LogP contribution in [0.15, 0.2) is 29.1 Å². The molecule has 7 nitrogen and oxygen atoms in total. The Bertz CT molecular complexity index is 844. The third kappa shape index (κ3) is 4.39. The molecule has 8 heteroatoms. The van der Waals surface area contributed by atoms with Gasteiger partial charge in [-0.05, 0) is 38.0 Å². The summed E-state index contributed by atoms with van der Waals surface area (Å²) in [6, 6.07) is 3.84. The Kier molecular flexibility index (Phi) is 5.70. The van der Waals surface area contributed by atoms with Gasteiger partial charge in [0, 0.05) is 30.1 Å². The highest BCUT2D eigenvalue weighted by Crippen LogP contribution is 2.15. The number of nitrogens with zero attached hydrogens (tertiary/aromatic N) is 4. The monoisotopic (exact) mass is 359 g/mol. The number of thioether (sulfide) groups is 1. The summed E-state index contributed by atoms with van der Waals surface area (Å²) in [5, 5.41) is 7.13. The van der Waals surface area contributed by atoms with Crippen LogP contribution in [0, 0.1) is 13.8 Å². The van der Waals surface area contributed by atoms with Gasteiger partial charge in [0.05, 0.1) is 12.0 Å². The molecule has 0 aromatic carbocycles. The van der Waals surface area contributed by atoms with E-state index < -0.39 is 0 Å². The maximum Gasteiger partial charge on any atom is 0.252 e. The van der Waals surface area contributed by atoms with Crippen LogP contribution in [0.5, 0.6) is 0 Å². The minimum Gasteiger partial charge on any atom is -0.468 e. The van der Waals surface area contributed by atoms with Crippen LogP contribution >= 0.6 is 11.8 Å². The van der Waals surface area contributed by atoms with E-state index in [9.17, 15) is 4.79 Å². The van der Waals surface area contributed by atoms with Crippen LogP contribution in [-0.2, 0) is 17.0 Å². The SMILES string of the molecule is Cc1nc2ncnn2c(C)c1CCC(=O)NCCSCc1ccco1. The summed E-state index contributed by atoms with van der Waals surface area (Å²) in [4.78, 5) is 20.6. The van der Waals surface area contributed by atoms with Crippen molar-refractivity contribution in [2.75, 3.05) is 12.3 Å². The number of nitrogens with one attached hydrogen (secondary N) is 1. The maximum absolute atomic E-state index is 12.1. The molecule has 0 fully saturated rings. The Morgan fingerprint density at radius 2 is 2.28 bits per heavy atom. The highest BCUT2D eigenvalue weighted by atomic mass is 32.2. The lowest BCUT2D eigenvalue weighted by Gasteiger charge is -2.10. The van der Waals surface area contributed by atoms with Crippen molar-refractivity contribution in [2.24, 2.45) is 0 Å². The summed E-state index contributed by atoms with van der Waals surface area (Å²) in [6.07, 6.45) is 4.25. The number of fused-ring (bicyclic) bond motifs is 1. The smallest absolute Gasteiger partial charge is 0.252 e. The molecule has 0 saturated heterocycles. The predicted octanol–water partition coefficient (Wildman–Crippen LogP) is 2.32. The van der Waals surface area contributed by atoms with Crippen molar-refractivity contribution >= 4 is 23.4 Å². The first-order valence-corrected chi connectivity index (χ1v) is 9.33. The molecule has 25 heavy (non-hydrogen) atoms. The minimum absolute atomic E-state index is 0.0519. The van der Waals surface area contributed by atoms with Gasteiger partial charge in [-0.25, -0.2) is 9.50 Å². The average molecular weight is 359 g/mol. The predicted molar refractivity (Wildman–Crippen MR) is 96.5 cm³/mol. The zero-order valence-corrected chi connectivity index (χ0v) is 15.2. The van der Waals surface area contributed by atoms with E-state index in [1.165, 1.54) is 6.33 Å². The number of aryl methyl sites for hydroxylation is 2. The van der Waals surface area contributed by atoms with E-state index in [2.05, 4.69) is 20.4 Å². The van der Waals surface area contributed by atoms with E-state index in [4.69, 9.17) is 4.42 Å². The highest BCUT2D eigenvalue weighted by Gasteiger charge is 2.12. The number of hydrogen-bond acceptors (Lipinski definition) is 6. The van der Waals surface area contributed by atoms with Crippen LogP contribution in [0.1, 0.15) is 29.1 Å². The molecular formula is C17H21N5O2S. The van der Waals surface area contributed by atoms with Gasteiger partial charge in [-0.3, -0.25) is 4.79 Å². The summed E-state index contributed by atoms with van der Waals surface area (Å²) in [6.45, 7) is 4.58. The second-order valence-corrected chi connectivity index (χ2v) is 6.82. The Balaban J connectivity index is 1.43. The van der Waals surface area contributed by atoms with Crippen LogP contribution in [0.4, 0.5) is 0 Å². The second-order valence-electron chi connectivity index (χ2n) is 5.71. The molecule has 0 aliphatic carbocycles. The zero-order chi connectivity index (χ0) is 17.6. The number of carbonyl (C=O) groups excluding carboxylic acids is 1. The van der Waals surface area contributed by atoms with Gasteiger partial charge in [0.2, 0.25) is 5.91 Å². The van der Waals surface area contributed by atoms with E-state index in [0.29, 0.717) is 25.2 Å². The summed E-state index contributed by atoms with van der Waals surface area (Å²) in [5.74, 6) is 3.29. The molecule has 1 amide bonds. The quantitative estimate of drug-likeness (QED) is 0.621. The van der Waals surface area contributed by atoms with Crippen molar-refractivity contribution in [1.82, 2.24) is 24.9 Å². The molecule has 0 aliphatic heterocycles. The van der Waals surface area contributed by atoms with Gasteiger partial charge in [-0.1, -0.05) is 0 Å². The van der Waals surface area contributed by atoms with E-state index in [-0.39, 0.29) is 5.91 Å². The summed E-state index contributed by atoms with van der Waals surface area (Å²) < 4.78 is 6.98. The van der Waals surface area contributed by atoms with E-state index in [0.717, 1.165) is 34.2 Å². The maximum atomic E-state index is 12.1. The molecule has 0 atom stereocenters. The van der Waals surface area contributed by atoms with E-state index >= 15 is 0 Å². The number of rotatable bonds is 8. The van der Waals surface area contributed by atoms with Crippen molar-refractivity contribution < 1.29 is 9.21 Å². The molecule has 1 N–H and O–H groups in total. The minimum atomic E-state index is 0.0519. The zero-order valence-electron chi connectivity index (χ0n) is 14.4. The van der Waals surface area contributed by atoms with Crippen LogP contribution in [-0.4, -0.2) is 37.8 Å². The van der Waals surface area contributed by atoms with Gasteiger partial charge in [-0.2, -0.15) is 21.8 Å². The molecule has 3 rings (SSSR count). The number of aromatic nitrogens is 4. The van der Waals surface area contributed by atoms with E-state index in [1.807, 2.05) is 26.0 Å². The van der Waals surface area contributed by atoms with Crippen LogP contribution in [0.25, 0.3) is 5.78 Å². The second kappa shape index (κ2) is 8.15. The topological polar surface area (TPSA) is 85.3 Å². The molecule has 0 unspecified atom stereocenters. The number of furan rings is 1. The average Bonchev–Trinajstić information content (AvgIpc) is 3.25. The fourth-order valence-corrected chi connectivity index (χ4v) is 3.43. The first-order valence-electron chi connectivity index (χ1n) is 8.18. The lowest BCUT2D eigenvalue weighted by Crippen LogP contribution is -2.26.